The van der Waals surface area contributed by atoms with E-state index in [1.54, 1.807) is 12.3 Å². The molecule has 0 aliphatic rings. The third kappa shape index (κ3) is 2.45. The zero-order valence-electron chi connectivity index (χ0n) is 11.5. The van der Waals surface area contributed by atoms with Crippen molar-refractivity contribution in [3.8, 4) is 0 Å². The third-order valence-electron chi connectivity index (χ3n) is 3.31. The summed E-state index contributed by atoms with van der Waals surface area (Å²) >= 11 is 0. The van der Waals surface area contributed by atoms with Gasteiger partial charge in [-0.1, -0.05) is 18.2 Å². The van der Waals surface area contributed by atoms with E-state index in [4.69, 9.17) is 4.42 Å². The summed E-state index contributed by atoms with van der Waals surface area (Å²) in [5.74, 6) is -0.263. The zero-order chi connectivity index (χ0) is 14.8. The molecule has 0 aliphatic carbocycles. The van der Waals surface area contributed by atoms with Crippen molar-refractivity contribution in [1.82, 2.24) is 4.57 Å². The van der Waals surface area contributed by atoms with Gasteiger partial charge in [-0.05, 0) is 19.1 Å². The number of carbonyl (C=O) groups is 1. The summed E-state index contributed by atoms with van der Waals surface area (Å²) in [5, 5.41) is 3.54. The number of para-hydroxylation sites is 1. The number of carbonyl (C=O) groups excluding carboxylic acids is 1. The van der Waals surface area contributed by atoms with E-state index in [0.29, 0.717) is 23.4 Å². The topological polar surface area (TPSA) is 64.2 Å². The second-order valence-corrected chi connectivity index (χ2v) is 4.64. The highest BCUT2D eigenvalue weighted by Crippen LogP contribution is 2.21. The Morgan fingerprint density at radius 3 is 2.86 bits per heavy atom. The molecule has 0 saturated heterocycles. The van der Waals surface area contributed by atoms with Gasteiger partial charge in [-0.3, -0.25) is 9.59 Å². The zero-order valence-corrected chi connectivity index (χ0v) is 11.5. The second kappa shape index (κ2) is 5.28. The highest BCUT2D eigenvalue weighted by Gasteiger charge is 2.13. The first-order valence-corrected chi connectivity index (χ1v) is 6.67. The number of pyridine rings is 1. The Morgan fingerprint density at radius 2 is 2.05 bits per heavy atom. The third-order valence-corrected chi connectivity index (χ3v) is 3.31. The van der Waals surface area contributed by atoms with Gasteiger partial charge in [-0.15, -0.1) is 0 Å². The van der Waals surface area contributed by atoms with Crippen LogP contribution in [0.25, 0.3) is 11.0 Å². The molecule has 5 nitrogen and oxygen atoms in total. The quantitative estimate of drug-likeness (QED) is 0.803. The van der Waals surface area contributed by atoms with Gasteiger partial charge in [0, 0.05) is 24.2 Å². The Bertz CT molecular complexity index is 861. The van der Waals surface area contributed by atoms with Crippen LogP contribution in [0.15, 0.2) is 58.1 Å². The number of fused-ring (bicyclic) bond motifs is 1. The maximum Gasteiger partial charge on any atom is 0.259 e. The van der Waals surface area contributed by atoms with Crippen molar-refractivity contribution < 1.29 is 9.21 Å². The maximum absolute atomic E-state index is 12.3. The monoisotopic (exact) mass is 282 g/mol. The van der Waals surface area contributed by atoms with Crippen LogP contribution in [-0.4, -0.2) is 10.5 Å². The molecule has 106 valence electrons. The van der Waals surface area contributed by atoms with Crippen LogP contribution in [0.5, 0.6) is 0 Å². The van der Waals surface area contributed by atoms with Gasteiger partial charge in [-0.2, -0.15) is 0 Å². The number of aromatic nitrogens is 1. The predicted octanol–water partition coefficient (Wildman–Crippen LogP) is 2.87. The van der Waals surface area contributed by atoms with E-state index >= 15 is 0 Å². The molecule has 0 atom stereocenters. The molecule has 2 heterocycles. The molecule has 1 amide bonds. The van der Waals surface area contributed by atoms with Crippen LogP contribution in [0.2, 0.25) is 0 Å². The number of benzene rings is 1. The first-order chi connectivity index (χ1) is 10.2. The van der Waals surface area contributed by atoms with Gasteiger partial charge in [0.15, 0.2) is 0 Å². The summed E-state index contributed by atoms with van der Waals surface area (Å²) in [6, 6.07) is 10.4. The standard InChI is InChI=1S/C16H14N2O3/c1-2-18-9-11(7-8-15(18)19)17-16(20)13-10-21-14-6-4-3-5-12(13)14/h3-10H,2H2,1H3,(H,17,20). The van der Waals surface area contributed by atoms with Crippen molar-refractivity contribution in [2.75, 3.05) is 5.32 Å². The summed E-state index contributed by atoms with van der Waals surface area (Å²) in [5.41, 5.74) is 1.62. The molecule has 0 aliphatic heterocycles. The van der Waals surface area contributed by atoms with Gasteiger partial charge < -0.3 is 14.3 Å². The van der Waals surface area contributed by atoms with Gasteiger partial charge in [0.05, 0.1) is 11.3 Å². The van der Waals surface area contributed by atoms with Crippen LogP contribution in [0.4, 0.5) is 5.69 Å². The van der Waals surface area contributed by atoms with Gasteiger partial charge in [0.25, 0.3) is 11.5 Å². The minimum atomic E-state index is -0.263. The molecular formula is C16H14N2O3. The number of rotatable bonds is 3. The van der Waals surface area contributed by atoms with Crippen LogP contribution in [0.3, 0.4) is 0 Å². The summed E-state index contributed by atoms with van der Waals surface area (Å²) in [4.78, 5) is 23.8. The number of amides is 1. The van der Waals surface area contributed by atoms with E-state index in [9.17, 15) is 9.59 Å². The van der Waals surface area contributed by atoms with Crippen LogP contribution in [0, 0.1) is 0 Å². The average molecular weight is 282 g/mol. The summed E-state index contributed by atoms with van der Waals surface area (Å²) < 4.78 is 6.89. The van der Waals surface area contributed by atoms with Crippen molar-refractivity contribution >= 4 is 22.6 Å². The lowest BCUT2D eigenvalue weighted by molar-refractivity contribution is 0.102. The summed E-state index contributed by atoms with van der Waals surface area (Å²) in [6.07, 6.45) is 3.07. The Kier molecular flexibility index (Phi) is 3.31. The van der Waals surface area contributed by atoms with Crippen LogP contribution in [0.1, 0.15) is 17.3 Å². The first kappa shape index (κ1) is 13.2. The Morgan fingerprint density at radius 1 is 1.24 bits per heavy atom. The SMILES string of the molecule is CCn1cc(NC(=O)c2coc3ccccc23)ccc1=O. The minimum absolute atomic E-state index is 0.0933. The largest absolute Gasteiger partial charge is 0.463 e. The summed E-state index contributed by atoms with van der Waals surface area (Å²) in [7, 11) is 0. The lowest BCUT2D eigenvalue weighted by Gasteiger charge is -2.07. The number of hydrogen-bond acceptors (Lipinski definition) is 3. The van der Waals surface area contributed by atoms with Crippen LogP contribution >= 0.6 is 0 Å². The van der Waals surface area contributed by atoms with Crippen LogP contribution in [-0.2, 0) is 6.54 Å². The molecule has 0 unspecified atom stereocenters. The molecule has 0 spiro atoms. The lowest BCUT2D eigenvalue weighted by atomic mass is 10.1. The second-order valence-electron chi connectivity index (χ2n) is 4.64. The molecule has 1 N–H and O–H groups in total. The molecular weight excluding hydrogens is 268 g/mol. The number of aryl methyl sites for hydroxylation is 1. The van der Waals surface area contributed by atoms with Crippen molar-refractivity contribution in [3.05, 3.63) is 64.8 Å². The molecule has 0 fully saturated rings. The fourth-order valence-electron chi connectivity index (χ4n) is 2.20. The van der Waals surface area contributed by atoms with Crippen molar-refractivity contribution in [2.45, 2.75) is 13.5 Å². The Balaban J connectivity index is 1.91. The molecule has 21 heavy (non-hydrogen) atoms. The molecule has 3 rings (SSSR count). The molecule has 0 saturated carbocycles. The van der Waals surface area contributed by atoms with E-state index in [1.165, 1.54) is 16.9 Å². The molecule has 3 aromatic rings. The molecule has 2 aromatic heterocycles. The molecule has 0 radical (unpaired) electrons. The fourth-order valence-corrected chi connectivity index (χ4v) is 2.20. The van der Waals surface area contributed by atoms with Crippen molar-refractivity contribution in [1.29, 1.82) is 0 Å². The highest BCUT2D eigenvalue weighted by molar-refractivity contribution is 6.12. The van der Waals surface area contributed by atoms with Gasteiger partial charge in [-0.25, -0.2) is 0 Å². The number of nitrogens with one attached hydrogen (secondary N) is 1. The van der Waals surface area contributed by atoms with E-state index in [0.717, 1.165) is 5.39 Å². The average Bonchev–Trinajstić information content (AvgIpc) is 2.93. The van der Waals surface area contributed by atoms with E-state index in [2.05, 4.69) is 5.32 Å². The summed E-state index contributed by atoms with van der Waals surface area (Å²) in [6.45, 7) is 2.42. The number of furan rings is 1. The van der Waals surface area contributed by atoms with E-state index in [1.807, 2.05) is 31.2 Å². The normalized spacial score (nSPS) is 10.7. The first-order valence-electron chi connectivity index (χ1n) is 6.67. The molecule has 0 bridgehead atoms. The Hall–Kier alpha value is -2.82. The van der Waals surface area contributed by atoms with Crippen molar-refractivity contribution in [3.63, 3.8) is 0 Å². The van der Waals surface area contributed by atoms with Gasteiger partial charge in [0.1, 0.15) is 11.8 Å². The fraction of sp³-hybridized carbons (Fsp3) is 0.125. The van der Waals surface area contributed by atoms with E-state index in [-0.39, 0.29) is 11.5 Å². The van der Waals surface area contributed by atoms with Gasteiger partial charge in [0.2, 0.25) is 0 Å². The van der Waals surface area contributed by atoms with Crippen molar-refractivity contribution in [2.24, 2.45) is 0 Å². The molecule has 5 heteroatoms. The molecule has 1 aromatic carbocycles. The smallest absolute Gasteiger partial charge is 0.259 e. The lowest BCUT2D eigenvalue weighted by Crippen LogP contribution is -2.19. The number of nitrogens with zero attached hydrogens (tertiary/aromatic N) is 1. The number of anilines is 1. The minimum Gasteiger partial charge on any atom is -0.463 e. The van der Waals surface area contributed by atoms with E-state index < -0.39 is 0 Å². The Labute approximate surface area is 120 Å². The predicted molar refractivity (Wildman–Crippen MR) is 80.5 cm³/mol. The highest BCUT2D eigenvalue weighted by atomic mass is 16.3. The maximum atomic E-state index is 12.3. The van der Waals surface area contributed by atoms with Gasteiger partial charge >= 0.3 is 0 Å². The number of hydrogen-bond donors (Lipinski definition) is 1. The van der Waals surface area contributed by atoms with Crippen LogP contribution < -0.4 is 10.9 Å².